The highest BCUT2D eigenvalue weighted by atomic mass is 16.6. The summed E-state index contributed by atoms with van der Waals surface area (Å²) in [7, 11) is 0. The van der Waals surface area contributed by atoms with Crippen LogP contribution in [0.5, 0.6) is 5.88 Å². The highest BCUT2D eigenvalue weighted by Gasteiger charge is 2.27. The topological polar surface area (TPSA) is 75.1 Å². The van der Waals surface area contributed by atoms with Crippen LogP contribution in [0.3, 0.4) is 0 Å². The van der Waals surface area contributed by atoms with Crippen LogP contribution in [0.2, 0.25) is 0 Å². The summed E-state index contributed by atoms with van der Waals surface area (Å²) in [6, 6.07) is 10.2. The minimum Gasteiger partial charge on any atom is -0.472 e. The number of aromatic nitrogens is 1. The zero-order valence-electron chi connectivity index (χ0n) is 20.6. The number of ether oxygens (including phenoxy) is 2. The first-order chi connectivity index (χ1) is 16.2. The van der Waals surface area contributed by atoms with Gasteiger partial charge in [0.2, 0.25) is 5.88 Å². The SMILES string of the molecule is Cc1ccc(O[C@H]2CCN(c3ccc(C4=CCN(C(=O)OC(C)(C)C)CC4)cc3CO)C2)nc1. The molecule has 7 nitrogen and oxygen atoms in total. The van der Waals surface area contributed by atoms with Crippen LogP contribution in [0.25, 0.3) is 5.57 Å². The van der Waals surface area contributed by atoms with Gasteiger partial charge in [-0.25, -0.2) is 9.78 Å². The van der Waals surface area contributed by atoms with Gasteiger partial charge in [-0.15, -0.1) is 0 Å². The van der Waals surface area contributed by atoms with Crippen molar-refractivity contribution in [2.45, 2.75) is 58.8 Å². The van der Waals surface area contributed by atoms with Crippen molar-refractivity contribution in [3.8, 4) is 5.88 Å². The average Bonchev–Trinajstić information content (AvgIpc) is 3.27. The van der Waals surface area contributed by atoms with Crippen LogP contribution in [0.4, 0.5) is 10.5 Å². The van der Waals surface area contributed by atoms with E-state index < -0.39 is 5.60 Å². The summed E-state index contributed by atoms with van der Waals surface area (Å²) in [5, 5.41) is 10.1. The third-order valence-corrected chi connectivity index (χ3v) is 6.14. The van der Waals surface area contributed by atoms with E-state index in [0.29, 0.717) is 19.0 Å². The van der Waals surface area contributed by atoms with Crippen molar-refractivity contribution in [1.82, 2.24) is 9.88 Å². The number of aliphatic hydroxyl groups excluding tert-OH is 1. The third kappa shape index (κ3) is 5.89. The molecule has 1 N–H and O–H groups in total. The van der Waals surface area contributed by atoms with Crippen LogP contribution >= 0.6 is 0 Å². The largest absolute Gasteiger partial charge is 0.472 e. The fourth-order valence-corrected chi connectivity index (χ4v) is 4.38. The first-order valence-corrected chi connectivity index (χ1v) is 12.0. The summed E-state index contributed by atoms with van der Waals surface area (Å²) >= 11 is 0. The van der Waals surface area contributed by atoms with E-state index in [0.717, 1.165) is 48.3 Å². The smallest absolute Gasteiger partial charge is 0.410 e. The average molecular weight is 466 g/mol. The Kier molecular flexibility index (Phi) is 7.12. The predicted octanol–water partition coefficient (Wildman–Crippen LogP) is 4.56. The first-order valence-electron chi connectivity index (χ1n) is 12.0. The monoisotopic (exact) mass is 465 g/mol. The zero-order valence-corrected chi connectivity index (χ0v) is 20.6. The molecular weight excluding hydrogens is 430 g/mol. The van der Waals surface area contributed by atoms with Gasteiger partial charge in [0.1, 0.15) is 11.7 Å². The number of carbonyl (C=O) groups is 1. The highest BCUT2D eigenvalue weighted by Crippen LogP contribution is 2.31. The quantitative estimate of drug-likeness (QED) is 0.698. The Hall–Kier alpha value is -3.06. The van der Waals surface area contributed by atoms with Crippen molar-refractivity contribution in [2.75, 3.05) is 31.1 Å². The maximum absolute atomic E-state index is 12.3. The van der Waals surface area contributed by atoms with Crippen LogP contribution < -0.4 is 9.64 Å². The fraction of sp³-hybridized carbons (Fsp3) is 0.481. The molecule has 0 spiro atoms. The van der Waals surface area contributed by atoms with Crippen molar-refractivity contribution in [2.24, 2.45) is 0 Å². The van der Waals surface area contributed by atoms with Crippen molar-refractivity contribution in [1.29, 1.82) is 0 Å². The van der Waals surface area contributed by atoms with E-state index in [4.69, 9.17) is 9.47 Å². The number of carbonyl (C=O) groups excluding carboxylic acids is 1. The molecule has 4 rings (SSSR count). The number of pyridine rings is 1. The zero-order chi connectivity index (χ0) is 24.3. The number of anilines is 1. The summed E-state index contributed by atoms with van der Waals surface area (Å²) in [6.07, 6.45) is 5.36. The molecular formula is C27H35N3O4. The third-order valence-electron chi connectivity index (χ3n) is 6.14. The minimum absolute atomic E-state index is 0.0258. The molecule has 2 aliphatic heterocycles. The highest BCUT2D eigenvalue weighted by molar-refractivity contribution is 5.74. The van der Waals surface area contributed by atoms with E-state index in [9.17, 15) is 9.90 Å². The predicted molar refractivity (Wildman–Crippen MR) is 133 cm³/mol. The molecule has 2 aliphatic rings. The molecule has 0 aliphatic carbocycles. The number of aryl methyl sites for hydroxylation is 1. The van der Waals surface area contributed by atoms with E-state index in [-0.39, 0.29) is 18.8 Å². The molecule has 1 amide bonds. The van der Waals surface area contributed by atoms with Crippen LogP contribution in [0.1, 0.15) is 50.3 Å². The van der Waals surface area contributed by atoms with Crippen molar-refractivity contribution in [3.63, 3.8) is 0 Å². The molecule has 1 saturated heterocycles. The molecule has 34 heavy (non-hydrogen) atoms. The second-order valence-electron chi connectivity index (χ2n) is 10.1. The van der Waals surface area contributed by atoms with E-state index in [1.165, 1.54) is 5.57 Å². The van der Waals surface area contributed by atoms with Gasteiger partial charge in [0.05, 0.1) is 13.2 Å². The van der Waals surface area contributed by atoms with Crippen molar-refractivity contribution < 1.29 is 19.4 Å². The van der Waals surface area contributed by atoms with E-state index in [1.54, 1.807) is 4.90 Å². The lowest BCUT2D eigenvalue weighted by Crippen LogP contribution is -2.39. The second kappa shape index (κ2) is 10.1. The molecule has 182 valence electrons. The number of nitrogens with zero attached hydrogens (tertiary/aromatic N) is 3. The Bertz CT molecular complexity index is 1040. The Labute approximate surface area is 202 Å². The molecule has 1 atom stereocenters. The van der Waals surface area contributed by atoms with E-state index >= 15 is 0 Å². The van der Waals surface area contributed by atoms with Gasteiger partial charge in [-0.1, -0.05) is 18.2 Å². The van der Waals surface area contributed by atoms with Crippen LogP contribution in [0.15, 0.2) is 42.6 Å². The second-order valence-corrected chi connectivity index (χ2v) is 10.1. The van der Waals surface area contributed by atoms with Gasteiger partial charge in [-0.05, 0) is 62.9 Å². The Morgan fingerprint density at radius 1 is 1.21 bits per heavy atom. The molecule has 3 heterocycles. The summed E-state index contributed by atoms with van der Waals surface area (Å²) in [5.74, 6) is 0.653. The molecule has 0 unspecified atom stereocenters. The summed E-state index contributed by atoms with van der Waals surface area (Å²) < 4.78 is 11.6. The van der Waals surface area contributed by atoms with E-state index in [2.05, 4.69) is 34.2 Å². The van der Waals surface area contributed by atoms with Gasteiger partial charge in [0, 0.05) is 49.6 Å². The molecule has 0 bridgehead atoms. The summed E-state index contributed by atoms with van der Waals surface area (Å²) in [6.45, 7) is 10.4. The van der Waals surface area contributed by atoms with Crippen LogP contribution in [0, 0.1) is 6.92 Å². The van der Waals surface area contributed by atoms with Gasteiger partial charge in [0.25, 0.3) is 0 Å². The maximum Gasteiger partial charge on any atom is 0.410 e. The van der Waals surface area contributed by atoms with Crippen LogP contribution in [-0.2, 0) is 11.3 Å². The molecule has 1 aromatic heterocycles. The summed E-state index contributed by atoms with van der Waals surface area (Å²) in [4.78, 5) is 20.7. The number of amides is 1. The molecule has 1 aromatic carbocycles. The lowest BCUT2D eigenvalue weighted by molar-refractivity contribution is 0.0270. The normalized spacial score (nSPS) is 18.6. The van der Waals surface area contributed by atoms with Gasteiger partial charge in [-0.2, -0.15) is 0 Å². The lowest BCUT2D eigenvalue weighted by atomic mass is 9.97. The van der Waals surface area contributed by atoms with Gasteiger partial charge in [-0.3, -0.25) is 0 Å². The number of rotatable bonds is 5. The lowest BCUT2D eigenvalue weighted by Gasteiger charge is -2.30. The van der Waals surface area contributed by atoms with Crippen molar-refractivity contribution >= 4 is 17.4 Å². The number of aliphatic hydroxyl groups is 1. The molecule has 7 heteroatoms. The maximum atomic E-state index is 12.3. The Morgan fingerprint density at radius 2 is 2.03 bits per heavy atom. The number of hydrogen-bond donors (Lipinski definition) is 1. The van der Waals surface area contributed by atoms with Crippen LogP contribution in [-0.4, -0.2) is 59.0 Å². The Morgan fingerprint density at radius 3 is 2.68 bits per heavy atom. The number of benzene rings is 1. The minimum atomic E-state index is -0.497. The molecule has 2 aromatic rings. The van der Waals surface area contributed by atoms with E-state index in [1.807, 2.05) is 46.0 Å². The standard InChI is InChI=1S/C27H35N3O4/c1-19-5-8-25(28-16-19)33-23-11-14-30(17-23)24-7-6-21(15-22(24)18-31)20-9-12-29(13-10-20)26(32)34-27(2,3)4/h5-9,15-16,23,31H,10-14,17-18H2,1-4H3/t23-/m0/s1. The molecule has 0 saturated carbocycles. The fourth-order valence-electron chi connectivity index (χ4n) is 4.38. The summed E-state index contributed by atoms with van der Waals surface area (Å²) in [5.41, 5.74) is 4.84. The van der Waals surface area contributed by atoms with Gasteiger partial charge in [0.15, 0.2) is 0 Å². The number of hydrogen-bond acceptors (Lipinski definition) is 6. The van der Waals surface area contributed by atoms with Gasteiger partial charge >= 0.3 is 6.09 Å². The Balaban J connectivity index is 1.40. The molecule has 0 radical (unpaired) electrons. The first kappa shape index (κ1) is 24.1. The molecule has 1 fully saturated rings. The van der Waals surface area contributed by atoms with Gasteiger partial charge < -0.3 is 24.4 Å². The van der Waals surface area contributed by atoms with Crippen molar-refractivity contribution in [3.05, 3.63) is 59.3 Å².